The van der Waals surface area contributed by atoms with E-state index in [9.17, 15) is 0 Å². The Morgan fingerprint density at radius 3 is 1.71 bits per heavy atom. The molecule has 0 rings (SSSR count). The van der Waals surface area contributed by atoms with Crippen LogP contribution in [0, 0.1) is 34.6 Å². The minimum atomic E-state index is -4.18. The predicted octanol–water partition coefficient (Wildman–Crippen LogP) is 1.22. The topological polar surface area (TPSA) is 99.1 Å². The third-order valence-corrected chi connectivity index (χ3v) is 7.64. The van der Waals surface area contributed by atoms with Gasteiger partial charge in [-0.1, -0.05) is 0 Å². The van der Waals surface area contributed by atoms with Gasteiger partial charge in [-0.15, -0.1) is 0 Å². The van der Waals surface area contributed by atoms with Crippen molar-refractivity contribution in [2.75, 3.05) is 0 Å². The molecule has 0 N–H and O–H groups in total. The summed E-state index contributed by atoms with van der Waals surface area (Å²) in [4.78, 5) is 0. The molecule has 0 amide bonds. The van der Waals surface area contributed by atoms with Crippen LogP contribution in [-0.4, -0.2) is 19.6 Å². The summed E-state index contributed by atoms with van der Waals surface area (Å²) in [6.07, 6.45) is 5.82. The molecular formula is C7H9N3O3Sn. The molecule has 0 radical (unpaired) electrons. The van der Waals surface area contributed by atoms with Crippen LogP contribution in [0.4, 0.5) is 0 Å². The maximum absolute atomic E-state index is 8.36. The number of nitrogens with zero attached hydrogens (tertiary/aromatic N) is 3. The summed E-state index contributed by atoms with van der Waals surface area (Å²) in [5, 5.41) is 25.1. The van der Waals surface area contributed by atoms with Gasteiger partial charge in [-0.25, -0.2) is 0 Å². The van der Waals surface area contributed by atoms with Crippen LogP contribution in [0.2, 0.25) is 4.44 Å². The second-order valence-corrected chi connectivity index (χ2v) is 9.44. The van der Waals surface area contributed by atoms with Gasteiger partial charge >= 0.3 is 87.6 Å². The van der Waals surface area contributed by atoms with Crippen molar-refractivity contribution in [1.29, 1.82) is 15.8 Å². The summed E-state index contributed by atoms with van der Waals surface area (Å²) in [7, 11) is 0. The van der Waals surface area contributed by atoms with Gasteiger partial charge in [0.05, 0.1) is 0 Å². The monoisotopic (exact) mass is 303 g/mol. The summed E-state index contributed by atoms with van der Waals surface area (Å²) in [5.41, 5.74) is 0. The van der Waals surface area contributed by atoms with Crippen molar-refractivity contribution in [3.63, 3.8) is 0 Å². The molecule has 0 aliphatic heterocycles. The zero-order valence-electron chi connectivity index (χ0n) is 7.69. The van der Waals surface area contributed by atoms with E-state index in [2.05, 4.69) is 9.22 Å². The SMILES string of the molecule is CCC[CH2][Sn]([O]C#N)([O]C#N)[O]C#N. The van der Waals surface area contributed by atoms with Crippen molar-refractivity contribution in [2.45, 2.75) is 24.2 Å². The van der Waals surface area contributed by atoms with E-state index >= 15 is 0 Å². The minimum absolute atomic E-state index is 0.347. The first kappa shape index (κ1) is 12.7. The van der Waals surface area contributed by atoms with Crippen LogP contribution in [0.25, 0.3) is 0 Å². The summed E-state index contributed by atoms with van der Waals surface area (Å²) in [5.74, 6) is 0. The number of hydrogen-bond donors (Lipinski definition) is 0. The molecule has 74 valence electrons. The van der Waals surface area contributed by atoms with Crippen LogP contribution in [-0.2, 0) is 9.22 Å². The summed E-state index contributed by atoms with van der Waals surface area (Å²) in [6, 6.07) is 0. The second-order valence-electron chi connectivity index (χ2n) is 2.37. The Hall–Kier alpha value is -1.33. The standard InChI is InChI=1S/C4H9.3CHNO.Sn/c1-3-4-2;3*2-1-3;/h1,3-4H2,2H3;3*3H;/q;;;;+3/p-3. The molecule has 0 aromatic carbocycles. The van der Waals surface area contributed by atoms with E-state index in [0.717, 1.165) is 6.42 Å². The van der Waals surface area contributed by atoms with Gasteiger partial charge in [-0.05, 0) is 0 Å². The molecule has 0 aliphatic carbocycles. The molecule has 0 aliphatic rings. The van der Waals surface area contributed by atoms with Gasteiger partial charge in [0.2, 0.25) is 0 Å². The quantitative estimate of drug-likeness (QED) is 0.540. The van der Waals surface area contributed by atoms with E-state index in [4.69, 9.17) is 15.8 Å². The molecule has 0 unspecified atom stereocenters. The molecule has 7 heteroatoms. The number of hydrogen-bond acceptors (Lipinski definition) is 6. The van der Waals surface area contributed by atoms with E-state index in [1.54, 1.807) is 0 Å². The van der Waals surface area contributed by atoms with Gasteiger partial charge in [0.1, 0.15) is 0 Å². The molecule has 6 nitrogen and oxygen atoms in total. The Kier molecular flexibility index (Phi) is 6.43. The first-order valence-electron chi connectivity index (χ1n) is 3.96. The van der Waals surface area contributed by atoms with Crippen LogP contribution >= 0.6 is 0 Å². The van der Waals surface area contributed by atoms with Crippen LogP contribution in [0.5, 0.6) is 0 Å². The van der Waals surface area contributed by atoms with Gasteiger partial charge in [-0.2, -0.15) is 0 Å². The second kappa shape index (κ2) is 7.11. The third-order valence-electron chi connectivity index (χ3n) is 1.44. The van der Waals surface area contributed by atoms with Crippen molar-refractivity contribution < 1.29 is 9.22 Å². The molecule has 0 aromatic rings. The van der Waals surface area contributed by atoms with Crippen LogP contribution in [0.3, 0.4) is 0 Å². The molecular weight excluding hydrogens is 293 g/mol. The van der Waals surface area contributed by atoms with Gasteiger partial charge in [0, 0.05) is 0 Å². The van der Waals surface area contributed by atoms with Crippen LogP contribution in [0.1, 0.15) is 19.8 Å². The number of nitriles is 3. The van der Waals surface area contributed by atoms with Crippen LogP contribution < -0.4 is 0 Å². The molecule has 0 atom stereocenters. The first-order chi connectivity index (χ1) is 6.74. The van der Waals surface area contributed by atoms with Gasteiger partial charge in [0.15, 0.2) is 0 Å². The van der Waals surface area contributed by atoms with Crippen molar-refractivity contribution in [2.24, 2.45) is 0 Å². The zero-order valence-corrected chi connectivity index (χ0v) is 10.5. The van der Waals surface area contributed by atoms with Crippen molar-refractivity contribution >= 4 is 19.6 Å². The molecule has 0 spiro atoms. The Labute approximate surface area is 87.7 Å². The Balaban J connectivity index is 4.51. The third kappa shape index (κ3) is 4.06. The average Bonchev–Trinajstić information content (AvgIpc) is 2.16. The molecule has 0 saturated carbocycles. The first-order valence-corrected chi connectivity index (χ1v) is 9.47. The fourth-order valence-corrected chi connectivity index (χ4v) is 5.48. The summed E-state index contributed by atoms with van der Waals surface area (Å²) < 4.78 is 14.3. The summed E-state index contributed by atoms with van der Waals surface area (Å²) in [6.45, 7) is 1.93. The Morgan fingerprint density at radius 2 is 1.43 bits per heavy atom. The van der Waals surface area contributed by atoms with Gasteiger partial charge in [-0.3, -0.25) is 0 Å². The van der Waals surface area contributed by atoms with E-state index in [-0.39, 0.29) is 0 Å². The average molecular weight is 302 g/mol. The van der Waals surface area contributed by atoms with Gasteiger partial charge in [0.25, 0.3) is 0 Å². The molecule has 0 aromatic heterocycles. The predicted molar refractivity (Wildman–Crippen MR) is 45.6 cm³/mol. The fraction of sp³-hybridized carbons (Fsp3) is 0.571. The van der Waals surface area contributed by atoms with Crippen molar-refractivity contribution in [3.8, 4) is 18.8 Å². The molecule has 0 heterocycles. The number of unbranched alkanes of at least 4 members (excludes halogenated alkanes) is 1. The van der Waals surface area contributed by atoms with E-state index in [1.807, 2.05) is 6.92 Å². The molecule has 0 bridgehead atoms. The van der Waals surface area contributed by atoms with E-state index in [0.29, 0.717) is 10.9 Å². The normalized spacial score (nSPS) is 9.00. The summed E-state index contributed by atoms with van der Waals surface area (Å²) >= 11 is -4.18. The van der Waals surface area contributed by atoms with Crippen molar-refractivity contribution in [1.82, 2.24) is 0 Å². The molecule has 0 fully saturated rings. The Morgan fingerprint density at radius 1 is 1.00 bits per heavy atom. The van der Waals surface area contributed by atoms with E-state index < -0.39 is 19.6 Å². The zero-order chi connectivity index (χ0) is 10.9. The fourth-order valence-electron chi connectivity index (χ4n) is 0.818. The maximum atomic E-state index is 8.36. The van der Waals surface area contributed by atoms with E-state index in [1.165, 1.54) is 18.8 Å². The molecule has 14 heavy (non-hydrogen) atoms. The van der Waals surface area contributed by atoms with Crippen LogP contribution in [0.15, 0.2) is 0 Å². The van der Waals surface area contributed by atoms with Gasteiger partial charge < -0.3 is 0 Å². The van der Waals surface area contributed by atoms with Crippen molar-refractivity contribution in [3.05, 3.63) is 0 Å². The Bertz CT molecular complexity index is 247. The number of rotatable bonds is 6. The molecule has 0 saturated heterocycles.